The van der Waals surface area contributed by atoms with Gasteiger partial charge < -0.3 is 16.2 Å². The van der Waals surface area contributed by atoms with E-state index in [-0.39, 0.29) is 22.7 Å². The number of nitrogen functional groups attached to an aromatic ring is 1. The Morgan fingerprint density at radius 1 is 1.38 bits per heavy atom. The molecule has 1 aromatic carbocycles. The van der Waals surface area contributed by atoms with Gasteiger partial charge in [0.25, 0.3) is 11.5 Å². The molecule has 0 aliphatic rings. The second kappa shape index (κ2) is 5.28. The zero-order valence-corrected chi connectivity index (χ0v) is 11.5. The zero-order valence-electron chi connectivity index (χ0n) is 11.5. The highest BCUT2D eigenvalue weighted by Crippen LogP contribution is 2.26. The number of ether oxygens (including phenoxy) is 1. The van der Waals surface area contributed by atoms with Crippen molar-refractivity contribution in [2.75, 3.05) is 12.8 Å². The van der Waals surface area contributed by atoms with Crippen LogP contribution in [-0.2, 0) is 0 Å². The molecule has 0 spiro atoms. The van der Waals surface area contributed by atoms with Crippen molar-refractivity contribution in [1.82, 2.24) is 4.57 Å². The highest BCUT2D eigenvalue weighted by Gasteiger charge is 2.19. The number of carbonyl (C=O) groups is 1. The van der Waals surface area contributed by atoms with Gasteiger partial charge >= 0.3 is 0 Å². The lowest BCUT2D eigenvalue weighted by atomic mass is 10.1. The largest absolute Gasteiger partial charge is 0.494 e. The zero-order chi connectivity index (χ0) is 15.7. The van der Waals surface area contributed by atoms with Gasteiger partial charge in [0.2, 0.25) is 0 Å². The molecule has 0 unspecified atom stereocenters. The van der Waals surface area contributed by atoms with Crippen LogP contribution in [0.15, 0.2) is 29.1 Å². The van der Waals surface area contributed by atoms with Crippen LogP contribution in [0.4, 0.5) is 10.1 Å². The van der Waals surface area contributed by atoms with E-state index < -0.39 is 17.3 Å². The molecule has 2 aromatic rings. The van der Waals surface area contributed by atoms with Crippen LogP contribution in [0.3, 0.4) is 0 Å². The topological polar surface area (TPSA) is 100 Å². The molecule has 1 heterocycles. The maximum atomic E-state index is 14.1. The van der Waals surface area contributed by atoms with E-state index in [1.807, 2.05) is 0 Å². The number of halogens is 1. The molecule has 0 fully saturated rings. The van der Waals surface area contributed by atoms with Crippen molar-refractivity contribution in [3.05, 3.63) is 51.7 Å². The highest BCUT2D eigenvalue weighted by molar-refractivity contribution is 5.97. The number of hydrogen-bond donors (Lipinski definition) is 2. The summed E-state index contributed by atoms with van der Waals surface area (Å²) in [6.07, 6.45) is 0. The number of rotatable bonds is 3. The number of methoxy groups -OCH3 is 1. The Morgan fingerprint density at radius 3 is 2.62 bits per heavy atom. The van der Waals surface area contributed by atoms with Crippen LogP contribution in [0, 0.1) is 12.7 Å². The lowest BCUT2D eigenvalue weighted by Gasteiger charge is -2.16. The molecule has 0 bridgehead atoms. The summed E-state index contributed by atoms with van der Waals surface area (Å²) in [5, 5.41) is 0. The molecule has 1 amide bonds. The first-order chi connectivity index (χ1) is 9.88. The number of anilines is 1. The molecule has 2 rings (SSSR count). The van der Waals surface area contributed by atoms with Gasteiger partial charge in [0.05, 0.1) is 12.7 Å². The van der Waals surface area contributed by atoms with Gasteiger partial charge in [-0.15, -0.1) is 0 Å². The maximum absolute atomic E-state index is 14.1. The van der Waals surface area contributed by atoms with Crippen molar-refractivity contribution in [3.63, 3.8) is 0 Å². The van der Waals surface area contributed by atoms with Gasteiger partial charge in [-0.25, -0.2) is 4.39 Å². The second-order valence-electron chi connectivity index (χ2n) is 4.41. The third kappa shape index (κ3) is 2.33. The van der Waals surface area contributed by atoms with E-state index in [9.17, 15) is 14.0 Å². The number of aryl methyl sites for hydroxylation is 1. The molecule has 0 atom stereocenters. The van der Waals surface area contributed by atoms with Gasteiger partial charge in [-0.1, -0.05) is 6.07 Å². The predicted molar refractivity (Wildman–Crippen MR) is 76.2 cm³/mol. The molecule has 7 heteroatoms. The van der Waals surface area contributed by atoms with E-state index in [1.165, 1.54) is 31.4 Å². The number of carbonyl (C=O) groups excluding carboxylic acids is 1. The summed E-state index contributed by atoms with van der Waals surface area (Å²) in [5.74, 6) is -1.29. The number of amides is 1. The van der Waals surface area contributed by atoms with Crippen LogP contribution < -0.4 is 21.8 Å². The van der Waals surface area contributed by atoms with Crippen molar-refractivity contribution in [2.24, 2.45) is 5.73 Å². The number of aromatic nitrogens is 1. The van der Waals surface area contributed by atoms with Crippen molar-refractivity contribution >= 4 is 11.6 Å². The summed E-state index contributed by atoms with van der Waals surface area (Å²) in [6, 6.07) is 5.51. The van der Waals surface area contributed by atoms with Crippen LogP contribution in [0.5, 0.6) is 5.75 Å². The number of hydrogen-bond acceptors (Lipinski definition) is 4. The van der Waals surface area contributed by atoms with Crippen molar-refractivity contribution < 1.29 is 13.9 Å². The summed E-state index contributed by atoms with van der Waals surface area (Å²) in [6.45, 7) is 1.54. The van der Waals surface area contributed by atoms with E-state index in [2.05, 4.69) is 0 Å². The van der Waals surface area contributed by atoms with Gasteiger partial charge in [-0.05, 0) is 25.1 Å². The van der Waals surface area contributed by atoms with Crippen LogP contribution in [0.25, 0.3) is 5.69 Å². The van der Waals surface area contributed by atoms with Crippen LogP contribution >= 0.6 is 0 Å². The lowest BCUT2D eigenvalue weighted by molar-refractivity contribution is 0.100. The van der Waals surface area contributed by atoms with Crippen LogP contribution in [0.2, 0.25) is 0 Å². The smallest absolute Gasteiger partial charge is 0.279 e. The normalized spacial score (nSPS) is 10.4. The Morgan fingerprint density at radius 2 is 2.05 bits per heavy atom. The third-order valence-corrected chi connectivity index (χ3v) is 3.09. The summed E-state index contributed by atoms with van der Waals surface area (Å²) >= 11 is 0. The SMILES string of the molecule is COc1cccc(F)c1-n1c(C)cc(C(N)=O)c(N)c1=O. The minimum Gasteiger partial charge on any atom is -0.494 e. The van der Waals surface area contributed by atoms with E-state index in [4.69, 9.17) is 16.2 Å². The Kier molecular flexibility index (Phi) is 3.66. The fourth-order valence-corrected chi connectivity index (χ4v) is 2.11. The minimum absolute atomic E-state index is 0.0646. The Hall–Kier alpha value is -2.83. The van der Waals surface area contributed by atoms with Gasteiger partial charge in [0.15, 0.2) is 5.82 Å². The molecule has 1 aromatic heterocycles. The Balaban J connectivity index is 2.87. The van der Waals surface area contributed by atoms with Crippen LogP contribution in [-0.4, -0.2) is 17.6 Å². The van der Waals surface area contributed by atoms with E-state index in [0.717, 1.165) is 4.57 Å². The van der Waals surface area contributed by atoms with E-state index in [1.54, 1.807) is 6.92 Å². The van der Waals surface area contributed by atoms with Gasteiger partial charge in [-0.3, -0.25) is 14.2 Å². The first-order valence-corrected chi connectivity index (χ1v) is 6.03. The molecule has 0 radical (unpaired) electrons. The number of pyridine rings is 1. The molecule has 0 saturated carbocycles. The number of para-hydroxylation sites is 1. The third-order valence-electron chi connectivity index (χ3n) is 3.09. The molecule has 0 saturated heterocycles. The Bertz CT molecular complexity index is 784. The van der Waals surface area contributed by atoms with Crippen molar-refractivity contribution in [1.29, 1.82) is 0 Å². The molecule has 4 N–H and O–H groups in total. The lowest BCUT2D eigenvalue weighted by Crippen LogP contribution is -2.29. The molecule has 110 valence electrons. The van der Waals surface area contributed by atoms with E-state index >= 15 is 0 Å². The average Bonchev–Trinajstić information content (AvgIpc) is 2.44. The number of nitrogens with zero attached hydrogens (tertiary/aromatic N) is 1. The first kappa shape index (κ1) is 14.6. The summed E-state index contributed by atoms with van der Waals surface area (Å²) < 4.78 is 20.2. The van der Waals surface area contributed by atoms with Gasteiger partial charge in [0, 0.05) is 5.69 Å². The molecule has 21 heavy (non-hydrogen) atoms. The fourth-order valence-electron chi connectivity index (χ4n) is 2.11. The Labute approximate surface area is 119 Å². The summed E-state index contributed by atoms with van der Waals surface area (Å²) in [4.78, 5) is 23.6. The number of benzene rings is 1. The monoisotopic (exact) mass is 291 g/mol. The average molecular weight is 291 g/mol. The second-order valence-corrected chi connectivity index (χ2v) is 4.41. The quantitative estimate of drug-likeness (QED) is 0.880. The molecular weight excluding hydrogens is 277 g/mol. The number of nitrogens with two attached hydrogens (primary N) is 2. The highest BCUT2D eigenvalue weighted by atomic mass is 19.1. The molecule has 0 aliphatic heterocycles. The summed E-state index contributed by atoms with van der Waals surface area (Å²) in [5.41, 5.74) is 9.89. The molecule has 6 nitrogen and oxygen atoms in total. The van der Waals surface area contributed by atoms with E-state index in [0.29, 0.717) is 5.69 Å². The van der Waals surface area contributed by atoms with Gasteiger partial charge in [0.1, 0.15) is 17.1 Å². The maximum Gasteiger partial charge on any atom is 0.279 e. The van der Waals surface area contributed by atoms with Crippen molar-refractivity contribution in [2.45, 2.75) is 6.92 Å². The minimum atomic E-state index is -0.819. The summed E-state index contributed by atoms with van der Waals surface area (Å²) in [7, 11) is 1.36. The molecule has 0 aliphatic carbocycles. The standard InChI is InChI=1S/C14H14FN3O3/c1-7-6-8(13(17)19)11(16)14(20)18(7)12-9(15)4-3-5-10(12)21-2/h3-6H,16H2,1-2H3,(H2,17,19). The van der Waals surface area contributed by atoms with Crippen LogP contribution in [0.1, 0.15) is 16.1 Å². The first-order valence-electron chi connectivity index (χ1n) is 6.03. The predicted octanol–water partition coefficient (Wildman–Crippen LogP) is 0.975. The molecular formula is C14H14FN3O3. The van der Waals surface area contributed by atoms with Gasteiger partial charge in [-0.2, -0.15) is 0 Å². The number of primary amides is 1. The van der Waals surface area contributed by atoms with Crippen molar-refractivity contribution in [3.8, 4) is 11.4 Å². The fraction of sp³-hybridized carbons (Fsp3) is 0.143.